The van der Waals surface area contributed by atoms with E-state index in [9.17, 15) is 4.79 Å². The Labute approximate surface area is 184 Å². The second kappa shape index (κ2) is 9.18. The van der Waals surface area contributed by atoms with Crippen molar-refractivity contribution in [2.24, 2.45) is 0 Å². The minimum atomic E-state index is -0.178. The number of hydrogen-bond acceptors (Lipinski definition) is 6. The lowest BCUT2D eigenvalue weighted by molar-refractivity contribution is 0.0948. The van der Waals surface area contributed by atoms with E-state index in [0.717, 1.165) is 21.7 Å². The van der Waals surface area contributed by atoms with Gasteiger partial charge >= 0.3 is 0 Å². The van der Waals surface area contributed by atoms with Crippen LogP contribution in [0.1, 0.15) is 30.2 Å². The second-order valence-corrected chi connectivity index (χ2v) is 8.18. The van der Waals surface area contributed by atoms with Crippen LogP contribution < -0.4 is 14.8 Å². The van der Waals surface area contributed by atoms with Gasteiger partial charge in [-0.2, -0.15) is 5.10 Å². The van der Waals surface area contributed by atoms with Gasteiger partial charge in [-0.3, -0.25) is 4.79 Å². The van der Waals surface area contributed by atoms with E-state index in [4.69, 9.17) is 14.5 Å². The normalized spacial score (nSPS) is 11.1. The van der Waals surface area contributed by atoms with Crippen LogP contribution in [0.2, 0.25) is 0 Å². The van der Waals surface area contributed by atoms with E-state index < -0.39 is 0 Å². The molecule has 0 bridgehead atoms. The highest BCUT2D eigenvalue weighted by Crippen LogP contribution is 2.29. The molecule has 3 heterocycles. The third-order valence-electron chi connectivity index (χ3n) is 4.77. The van der Waals surface area contributed by atoms with Gasteiger partial charge in [-0.25, -0.2) is 9.67 Å². The number of methoxy groups -OCH3 is 1. The summed E-state index contributed by atoms with van der Waals surface area (Å²) in [5.41, 5.74) is 2.03. The van der Waals surface area contributed by atoms with Crippen molar-refractivity contribution >= 4 is 28.3 Å². The predicted molar refractivity (Wildman–Crippen MR) is 122 cm³/mol. The van der Waals surface area contributed by atoms with Crippen molar-refractivity contribution in [1.29, 1.82) is 0 Å². The van der Waals surface area contributed by atoms with Gasteiger partial charge in [-0.05, 0) is 43.5 Å². The van der Waals surface area contributed by atoms with Gasteiger partial charge in [0, 0.05) is 12.1 Å². The first kappa shape index (κ1) is 20.9. The molecule has 7 nitrogen and oxygen atoms in total. The molecule has 0 aliphatic rings. The molecule has 4 rings (SSSR count). The van der Waals surface area contributed by atoms with Crippen LogP contribution in [-0.4, -0.2) is 40.9 Å². The van der Waals surface area contributed by atoms with Crippen molar-refractivity contribution in [2.45, 2.75) is 19.9 Å². The van der Waals surface area contributed by atoms with Crippen LogP contribution in [0.3, 0.4) is 0 Å². The van der Waals surface area contributed by atoms with Crippen molar-refractivity contribution in [1.82, 2.24) is 20.1 Å². The van der Waals surface area contributed by atoms with E-state index in [0.29, 0.717) is 30.1 Å². The van der Waals surface area contributed by atoms with Gasteiger partial charge in [0.1, 0.15) is 18.1 Å². The second-order valence-electron chi connectivity index (χ2n) is 7.24. The number of ether oxygens (including phenoxy) is 2. The Hall–Kier alpha value is -3.39. The van der Waals surface area contributed by atoms with Gasteiger partial charge in [-0.1, -0.05) is 12.1 Å². The van der Waals surface area contributed by atoms with Gasteiger partial charge in [0.2, 0.25) is 0 Å². The third-order valence-corrected chi connectivity index (χ3v) is 5.66. The van der Waals surface area contributed by atoms with E-state index in [1.54, 1.807) is 24.6 Å². The lowest BCUT2D eigenvalue weighted by Crippen LogP contribution is -2.28. The number of nitrogens with zero attached hydrogens (tertiary/aromatic N) is 3. The molecule has 0 aliphatic carbocycles. The minimum absolute atomic E-state index is 0.135. The number of carbonyl (C=O) groups is 1. The van der Waals surface area contributed by atoms with E-state index in [1.807, 2.05) is 66.4 Å². The zero-order valence-electron chi connectivity index (χ0n) is 17.7. The summed E-state index contributed by atoms with van der Waals surface area (Å²) in [6.45, 7) is 4.80. The maximum atomic E-state index is 13.0. The number of amides is 1. The van der Waals surface area contributed by atoms with E-state index in [2.05, 4.69) is 10.4 Å². The van der Waals surface area contributed by atoms with Gasteiger partial charge in [-0.15, -0.1) is 11.3 Å². The standard InChI is InChI=1S/C23H24N4O3S/c1-15(2)27-22-19(14-25-27)18(13-20(26-22)21-8-5-11-31-21)23(28)24-9-10-30-17-7-4-6-16(12-17)29-3/h4-8,11-15H,9-10H2,1-3H3,(H,24,28). The molecule has 1 amide bonds. The van der Waals surface area contributed by atoms with Crippen LogP contribution in [-0.2, 0) is 0 Å². The average molecular weight is 437 g/mol. The summed E-state index contributed by atoms with van der Waals surface area (Å²) in [6, 6.07) is 13.3. The molecule has 1 aromatic carbocycles. The lowest BCUT2D eigenvalue weighted by Gasteiger charge is -2.11. The van der Waals surface area contributed by atoms with Crippen LogP contribution in [0, 0.1) is 0 Å². The zero-order valence-corrected chi connectivity index (χ0v) is 18.5. The van der Waals surface area contributed by atoms with Crippen molar-refractivity contribution < 1.29 is 14.3 Å². The van der Waals surface area contributed by atoms with Crippen molar-refractivity contribution in [3.05, 3.63) is 59.6 Å². The number of pyridine rings is 1. The molecule has 0 spiro atoms. The summed E-state index contributed by atoms with van der Waals surface area (Å²) in [7, 11) is 1.61. The molecule has 0 unspecified atom stereocenters. The van der Waals surface area contributed by atoms with Gasteiger partial charge in [0.05, 0.1) is 41.4 Å². The Balaban J connectivity index is 1.52. The number of rotatable bonds is 8. The molecule has 0 saturated heterocycles. The van der Waals surface area contributed by atoms with Crippen molar-refractivity contribution in [2.75, 3.05) is 20.3 Å². The summed E-state index contributed by atoms with van der Waals surface area (Å²) in [6.07, 6.45) is 1.71. The number of aromatic nitrogens is 3. The van der Waals surface area contributed by atoms with Crippen LogP contribution in [0.25, 0.3) is 21.6 Å². The monoisotopic (exact) mass is 436 g/mol. The molecular weight excluding hydrogens is 412 g/mol. The molecule has 0 fully saturated rings. The van der Waals surface area contributed by atoms with Crippen LogP contribution in [0.4, 0.5) is 0 Å². The molecule has 8 heteroatoms. The SMILES string of the molecule is COc1cccc(OCCNC(=O)c2cc(-c3cccs3)nc3c2cnn3C(C)C)c1. The Bertz CT molecular complexity index is 1180. The zero-order chi connectivity index (χ0) is 21.8. The number of hydrogen-bond donors (Lipinski definition) is 1. The van der Waals surface area contributed by atoms with Gasteiger partial charge in [0.25, 0.3) is 5.91 Å². The highest BCUT2D eigenvalue weighted by molar-refractivity contribution is 7.13. The molecule has 1 N–H and O–H groups in total. The van der Waals surface area contributed by atoms with E-state index in [-0.39, 0.29) is 11.9 Å². The summed E-state index contributed by atoms with van der Waals surface area (Å²) in [5.74, 6) is 1.24. The molecule has 0 radical (unpaired) electrons. The van der Waals surface area contributed by atoms with Crippen LogP contribution in [0.5, 0.6) is 11.5 Å². The highest BCUT2D eigenvalue weighted by Gasteiger charge is 2.18. The van der Waals surface area contributed by atoms with E-state index in [1.165, 1.54) is 0 Å². The summed E-state index contributed by atoms with van der Waals surface area (Å²) < 4.78 is 12.8. The Morgan fingerprint density at radius 1 is 1.19 bits per heavy atom. The molecule has 0 atom stereocenters. The Kier molecular flexibility index (Phi) is 6.18. The smallest absolute Gasteiger partial charge is 0.252 e. The molecule has 160 valence electrons. The van der Waals surface area contributed by atoms with Gasteiger partial charge < -0.3 is 14.8 Å². The number of thiophene rings is 1. The molecule has 0 saturated carbocycles. The maximum Gasteiger partial charge on any atom is 0.252 e. The molecular formula is C23H24N4O3S. The summed E-state index contributed by atoms with van der Waals surface area (Å²) in [5, 5.41) is 10.1. The first-order valence-electron chi connectivity index (χ1n) is 10.0. The molecule has 0 aliphatic heterocycles. The summed E-state index contributed by atoms with van der Waals surface area (Å²) in [4.78, 5) is 18.8. The fourth-order valence-corrected chi connectivity index (χ4v) is 3.94. The topological polar surface area (TPSA) is 78.3 Å². The Morgan fingerprint density at radius 3 is 2.77 bits per heavy atom. The third kappa shape index (κ3) is 4.54. The number of benzene rings is 1. The predicted octanol–water partition coefficient (Wildman–Crippen LogP) is 4.56. The highest BCUT2D eigenvalue weighted by atomic mass is 32.1. The average Bonchev–Trinajstić information content (AvgIpc) is 3.46. The summed E-state index contributed by atoms with van der Waals surface area (Å²) >= 11 is 1.59. The molecule has 31 heavy (non-hydrogen) atoms. The van der Waals surface area contributed by atoms with Crippen molar-refractivity contribution in [3.63, 3.8) is 0 Å². The van der Waals surface area contributed by atoms with Crippen molar-refractivity contribution in [3.8, 4) is 22.1 Å². The first-order valence-corrected chi connectivity index (χ1v) is 10.9. The first-order chi connectivity index (χ1) is 15.1. The molecule has 4 aromatic rings. The van der Waals surface area contributed by atoms with E-state index >= 15 is 0 Å². The van der Waals surface area contributed by atoms with Gasteiger partial charge in [0.15, 0.2) is 5.65 Å². The largest absolute Gasteiger partial charge is 0.497 e. The fraction of sp³-hybridized carbons (Fsp3) is 0.261. The van der Waals surface area contributed by atoms with Crippen LogP contribution in [0.15, 0.2) is 54.0 Å². The fourth-order valence-electron chi connectivity index (χ4n) is 3.25. The maximum absolute atomic E-state index is 13.0. The number of nitrogens with one attached hydrogen (secondary N) is 1. The number of fused-ring (bicyclic) bond motifs is 1. The number of carbonyl (C=O) groups excluding carboxylic acids is 1. The Morgan fingerprint density at radius 2 is 2.03 bits per heavy atom. The minimum Gasteiger partial charge on any atom is -0.497 e. The molecule has 3 aromatic heterocycles. The quantitative estimate of drug-likeness (QED) is 0.410. The lowest BCUT2D eigenvalue weighted by atomic mass is 10.1. The van der Waals surface area contributed by atoms with Crippen LogP contribution >= 0.6 is 11.3 Å².